The lowest BCUT2D eigenvalue weighted by atomic mass is 9.81. The molecule has 4 atom stereocenters. The Hall–Kier alpha value is -2.58. The second kappa shape index (κ2) is 10.6. The van der Waals surface area contributed by atoms with E-state index in [9.17, 15) is 15.0 Å². The van der Waals surface area contributed by atoms with E-state index in [2.05, 4.69) is 26.7 Å². The number of rotatable bonds is 11. The predicted molar refractivity (Wildman–Crippen MR) is 115 cm³/mol. The number of nitrogens with one attached hydrogen (secondary N) is 1. The first-order valence-corrected chi connectivity index (χ1v) is 10.8. The Morgan fingerprint density at radius 1 is 1.39 bits per heavy atom. The zero-order valence-electron chi connectivity index (χ0n) is 18.1. The lowest BCUT2D eigenvalue weighted by Crippen LogP contribution is -2.30. The van der Waals surface area contributed by atoms with Crippen molar-refractivity contribution in [3.8, 4) is 0 Å². The molecule has 2 heterocycles. The smallest absolute Gasteiger partial charge is 0.174 e. The summed E-state index contributed by atoms with van der Waals surface area (Å²) in [7, 11) is 0. The molecule has 2 aromatic heterocycles. The highest BCUT2D eigenvalue weighted by Gasteiger charge is 2.39. The standard InChI is InChI=1S/C23H32N4O4/c1-23(2,15-16-8-7-13-31-16)21(30)12-11-18-17(19(28)14-20(18)29)9-5-3-4-6-10-22-24-26-27-25-22/h3,5,7-8,11-13,17-18,20-21,29-30H,4,6,9-10,14-15H2,1-2H3,(H,24,25,26,27)/b5-3-,12-11+. The fourth-order valence-electron chi connectivity index (χ4n) is 4.02. The fraction of sp³-hybridized carbons (Fsp3) is 0.565. The summed E-state index contributed by atoms with van der Waals surface area (Å²) >= 11 is 0. The van der Waals surface area contributed by atoms with Gasteiger partial charge in [-0.2, -0.15) is 5.21 Å². The predicted octanol–water partition coefficient (Wildman–Crippen LogP) is 2.81. The van der Waals surface area contributed by atoms with E-state index in [-0.39, 0.29) is 24.0 Å². The van der Waals surface area contributed by atoms with Crippen LogP contribution in [0.2, 0.25) is 0 Å². The minimum Gasteiger partial charge on any atom is -0.469 e. The summed E-state index contributed by atoms with van der Waals surface area (Å²) in [5, 5.41) is 34.9. The Kier molecular flexibility index (Phi) is 7.92. The number of allylic oxidation sites excluding steroid dienone is 2. The van der Waals surface area contributed by atoms with E-state index in [0.717, 1.165) is 25.0 Å². The summed E-state index contributed by atoms with van der Waals surface area (Å²) in [5.41, 5.74) is -0.435. The maximum atomic E-state index is 12.4. The van der Waals surface area contributed by atoms with Gasteiger partial charge in [0.25, 0.3) is 0 Å². The zero-order valence-corrected chi connectivity index (χ0v) is 18.1. The topological polar surface area (TPSA) is 125 Å². The molecular formula is C23H32N4O4. The molecule has 0 bridgehead atoms. The molecule has 0 amide bonds. The van der Waals surface area contributed by atoms with E-state index < -0.39 is 17.6 Å². The fourth-order valence-corrected chi connectivity index (χ4v) is 4.02. The van der Waals surface area contributed by atoms with Gasteiger partial charge in [0.2, 0.25) is 0 Å². The number of nitrogens with zero attached hydrogens (tertiary/aromatic N) is 3. The highest BCUT2D eigenvalue weighted by atomic mass is 16.3. The number of carbonyl (C=O) groups is 1. The van der Waals surface area contributed by atoms with Crippen LogP contribution in [0.25, 0.3) is 0 Å². The Balaban J connectivity index is 1.51. The number of tetrazole rings is 1. The van der Waals surface area contributed by atoms with Crippen LogP contribution in [0, 0.1) is 17.3 Å². The lowest BCUT2D eigenvalue weighted by molar-refractivity contribution is -0.121. The summed E-state index contributed by atoms with van der Waals surface area (Å²) in [6.45, 7) is 3.94. The van der Waals surface area contributed by atoms with Gasteiger partial charge < -0.3 is 14.6 Å². The quantitative estimate of drug-likeness (QED) is 0.371. The lowest BCUT2D eigenvalue weighted by Gasteiger charge is -2.28. The third-order valence-electron chi connectivity index (χ3n) is 5.98. The van der Waals surface area contributed by atoms with Crippen LogP contribution in [-0.2, 0) is 17.6 Å². The molecular weight excluding hydrogens is 396 g/mol. The first kappa shape index (κ1) is 23.1. The number of aliphatic hydroxyl groups excluding tert-OH is 2. The SMILES string of the molecule is CC(C)(Cc1ccco1)C(O)/C=C/C1C(O)CC(=O)C1C/C=C\CCCc1nn[nH]n1. The van der Waals surface area contributed by atoms with Crippen molar-refractivity contribution in [2.75, 3.05) is 0 Å². The average Bonchev–Trinajstić information content (AvgIpc) is 3.46. The van der Waals surface area contributed by atoms with E-state index in [1.165, 1.54) is 0 Å². The van der Waals surface area contributed by atoms with E-state index in [4.69, 9.17) is 4.42 Å². The highest BCUT2D eigenvalue weighted by Crippen LogP contribution is 2.34. The molecule has 2 aromatic rings. The third-order valence-corrected chi connectivity index (χ3v) is 5.98. The molecule has 1 fully saturated rings. The molecule has 0 spiro atoms. The van der Waals surface area contributed by atoms with Crippen LogP contribution >= 0.6 is 0 Å². The molecule has 8 nitrogen and oxygen atoms in total. The molecule has 1 aliphatic carbocycles. The number of hydrogen-bond donors (Lipinski definition) is 3. The van der Waals surface area contributed by atoms with E-state index in [0.29, 0.717) is 18.7 Å². The minimum atomic E-state index is -0.721. The van der Waals surface area contributed by atoms with Crippen molar-refractivity contribution in [3.63, 3.8) is 0 Å². The third kappa shape index (κ3) is 6.45. The number of Topliss-reactive ketones (excluding diaryl/α,β-unsaturated/α-hetero) is 1. The van der Waals surface area contributed by atoms with Crippen LogP contribution < -0.4 is 0 Å². The zero-order chi connectivity index (χ0) is 22.3. The average molecular weight is 429 g/mol. The number of furan rings is 1. The number of aromatic nitrogens is 4. The van der Waals surface area contributed by atoms with Crippen molar-refractivity contribution in [2.45, 2.75) is 64.6 Å². The molecule has 1 aliphatic rings. The monoisotopic (exact) mass is 428 g/mol. The Bertz CT molecular complexity index is 858. The van der Waals surface area contributed by atoms with Crippen molar-refractivity contribution < 1.29 is 19.4 Å². The van der Waals surface area contributed by atoms with E-state index >= 15 is 0 Å². The summed E-state index contributed by atoms with van der Waals surface area (Å²) in [4.78, 5) is 12.4. The normalized spacial score (nSPS) is 23.4. The van der Waals surface area contributed by atoms with Gasteiger partial charge in [0, 0.05) is 36.5 Å². The molecule has 8 heteroatoms. The van der Waals surface area contributed by atoms with Gasteiger partial charge in [-0.05, 0) is 31.4 Å². The second-order valence-electron chi connectivity index (χ2n) is 8.92. The summed E-state index contributed by atoms with van der Waals surface area (Å²) in [6, 6.07) is 3.72. The molecule has 3 N–H and O–H groups in total. The first-order valence-electron chi connectivity index (χ1n) is 10.8. The molecule has 0 saturated heterocycles. The van der Waals surface area contributed by atoms with Crippen LogP contribution in [0.1, 0.15) is 51.1 Å². The Morgan fingerprint density at radius 3 is 2.94 bits per heavy atom. The molecule has 1 saturated carbocycles. The highest BCUT2D eigenvalue weighted by molar-refractivity contribution is 5.84. The number of unbranched alkanes of at least 4 members (excludes halogenated alkanes) is 1. The van der Waals surface area contributed by atoms with Crippen LogP contribution in [0.3, 0.4) is 0 Å². The van der Waals surface area contributed by atoms with Gasteiger partial charge in [0.05, 0.1) is 18.5 Å². The van der Waals surface area contributed by atoms with Gasteiger partial charge in [0.15, 0.2) is 5.82 Å². The minimum absolute atomic E-state index is 0.0722. The van der Waals surface area contributed by atoms with Gasteiger partial charge in [-0.15, -0.1) is 10.2 Å². The van der Waals surface area contributed by atoms with E-state index in [1.807, 2.05) is 38.1 Å². The number of aryl methyl sites for hydroxylation is 1. The van der Waals surface area contributed by atoms with E-state index in [1.54, 1.807) is 12.3 Å². The van der Waals surface area contributed by atoms with Gasteiger partial charge >= 0.3 is 0 Å². The Morgan fingerprint density at radius 2 is 2.23 bits per heavy atom. The van der Waals surface area contributed by atoms with Crippen LogP contribution in [0.15, 0.2) is 47.1 Å². The second-order valence-corrected chi connectivity index (χ2v) is 8.92. The van der Waals surface area contributed by atoms with Crippen molar-refractivity contribution in [1.29, 1.82) is 0 Å². The van der Waals surface area contributed by atoms with Gasteiger partial charge in [-0.3, -0.25) is 4.79 Å². The first-order chi connectivity index (χ1) is 14.9. The summed E-state index contributed by atoms with van der Waals surface area (Å²) in [5.74, 6) is 1.03. The summed E-state index contributed by atoms with van der Waals surface area (Å²) in [6.07, 6.45) is 11.6. The Labute approximate surface area is 182 Å². The van der Waals surface area contributed by atoms with Crippen molar-refractivity contribution in [3.05, 3.63) is 54.3 Å². The van der Waals surface area contributed by atoms with Crippen LogP contribution in [0.5, 0.6) is 0 Å². The number of H-pyrrole nitrogens is 1. The van der Waals surface area contributed by atoms with Crippen LogP contribution in [0.4, 0.5) is 0 Å². The number of hydrogen-bond acceptors (Lipinski definition) is 7. The number of ketones is 1. The van der Waals surface area contributed by atoms with Gasteiger partial charge in [0.1, 0.15) is 11.5 Å². The maximum Gasteiger partial charge on any atom is 0.174 e. The molecule has 0 radical (unpaired) electrons. The van der Waals surface area contributed by atoms with Crippen molar-refractivity contribution in [2.24, 2.45) is 17.3 Å². The molecule has 0 aromatic carbocycles. The molecule has 3 rings (SSSR count). The largest absolute Gasteiger partial charge is 0.469 e. The van der Waals surface area contributed by atoms with Gasteiger partial charge in [-0.25, -0.2) is 0 Å². The van der Waals surface area contributed by atoms with Crippen LogP contribution in [-0.4, -0.2) is 48.8 Å². The number of carbonyl (C=O) groups excluding carboxylic acids is 1. The molecule has 168 valence electrons. The van der Waals surface area contributed by atoms with Gasteiger partial charge in [-0.1, -0.05) is 43.4 Å². The van der Waals surface area contributed by atoms with Crippen molar-refractivity contribution >= 4 is 5.78 Å². The maximum absolute atomic E-state index is 12.4. The molecule has 31 heavy (non-hydrogen) atoms. The molecule has 4 unspecified atom stereocenters. The number of aromatic amines is 1. The molecule has 0 aliphatic heterocycles. The summed E-state index contributed by atoms with van der Waals surface area (Å²) < 4.78 is 5.40. The number of aliphatic hydroxyl groups is 2. The van der Waals surface area contributed by atoms with Crippen molar-refractivity contribution in [1.82, 2.24) is 20.6 Å².